The van der Waals surface area contributed by atoms with E-state index in [1.54, 1.807) is 0 Å². The molecule has 0 atom stereocenters. The van der Waals surface area contributed by atoms with Crippen molar-refractivity contribution in [1.82, 2.24) is 15.0 Å². The number of rotatable bonds is 1. The summed E-state index contributed by atoms with van der Waals surface area (Å²) in [4.78, 5) is 13.0. The molecule has 0 aliphatic rings. The van der Waals surface area contributed by atoms with E-state index in [2.05, 4.69) is 30.9 Å². The van der Waals surface area contributed by atoms with Gasteiger partial charge < -0.3 is 0 Å². The van der Waals surface area contributed by atoms with Crippen molar-refractivity contribution in [2.45, 2.75) is 0 Å². The second-order valence-corrected chi connectivity index (χ2v) is 6.60. The van der Waals surface area contributed by atoms with Gasteiger partial charge in [0, 0.05) is 9.86 Å². The number of benzene rings is 1. The van der Waals surface area contributed by atoms with E-state index >= 15 is 0 Å². The summed E-state index contributed by atoms with van der Waals surface area (Å²) in [5, 5.41) is 1.68. The molecule has 7 heteroatoms. The summed E-state index contributed by atoms with van der Waals surface area (Å²) >= 11 is 17.6. The zero-order chi connectivity index (χ0) is 14.3. The Morgan fingerprint density at radius 2 is 1.65 bits per heavy atom. The Morgan fingerprint density at radius 1 is 1.00 bits per heavy atom. The van der Waals surface area contributed by atoms with Crippen LogP contribution in [-0.2, 0) is 0 Å². The zero-order valence-electron chi connectivity index (χ0n) is 9.74. The predicted octanol–water partition coefficient (Wildman–Crippen LogP) is 5.37. The van der Waals surface area contributed by atoms with Crippen LogP contribution in [0.1, 0.15) is 0 Å². The van der Waals surface area contributed by atoms with E-state index in [0.717, 1.165) is 15.4 Å². The highest BCUT2D eigenvalue weighted by Crippen LogP contribution is 2.31. The average Bonchev–Trinajstić information content (AvgIpc) is 2.43. The van der Waals surface area contributed by atoms with Crippen LogP contribution in [0.5, 0.6) is 0 Å². The summed E-state index contributed by atoms with van der Waals surface area (Å²) in [6, 6.07) is 9.79. The molecule has 0 saturated carbocycles. The van der Waals surface area contributed by atoms with Crippen molar-refractivity contribution < 1.29 is 0 Å². The average molecular weight is 481 g/mol. The lowest BCUT2D eigenvalue weighted by Crippen LogP contribution is -1.97. The molecule has 20 heavy (non-hydrogen) atoms. The molecule has 0 aliphatic carbocycles. The highest BCUT2D eigenvalue weighted by atomic mass is 127. The Bertz CT molecular complexity index is 803. The van der Waals surface area contributed by atoms with E-state index in [4.69, 9.17) is 23.2 Å². The third-order valence-corrected chi connectivity index (χ3v) is 5.47. The number of pyridine rings is 1. The quantitative estimate of drug-likeness (QED) is 0.347. The number of halogens is 4. The van der Waals surface area contributed by atoms with Gasteiger partial charge in [-0.2, -0.15) is 0 Å². The van der Waals surface area contributed by atoms with Crippen molar-refractivity contribution >= 4 is 72.6 Å². The van der Waals surface area contributed by atoms with Gasteiger partial charge >= 0.3 is 0 Å². The first-order valence-corrected chi connectivity index (χ1v) is 8.13. The Kier molecular flexibility index (Phi) is 4.12. The van der Waals surface area contributed by atoms with Crippen LogP contribution in [0.15, 0.2) is 34.8 Å². The van der Waals surface area contributed by atoms with Gasteiger partial charge in [0.2, 0.25) is 0 Å². The largest absolute Gasteiger partial charge is 0.243 e. The van der Waals surface area contributed by atoms with E-state index < -0.39 is 0 Å². The summed E-state index contributed by atoms with van der Waals surface area (Å²) < 4.78 is 1.43. The van der Waals surface area contributed by atoms with Gasteiger partial charge in [0.1, 0.15) is 16.0 Å². The maximum absolute atomic E-state index is 6.05. The van der Waals surface area contributed by atoms with Gasteiger partial charge in [-0.3, -0.25) is 0 Å². The third-order valence-electron chi connectivity index (χ3n) is 2.66. The molecule has 0 spiro atoms. The Balaban J connectivity index is 2.26. The molecule has 0 aliphatic heterocycles. The first-order valence-electron chi connectivity index (χ1n) is 5.50. The third kappa shape index (κ3) is 2.64. The van der Waals surface area contributed by atoms with Crippen molar-refractivity contribution in [2.75, 3.05) is 0 Å². The first kappa shape index (κ1) is 14.4. The molecule has 2 heterocycles. The van der Waals surface area contributed by atoms with Crippen LogP contribution < -0.4 is 0 Å². The van der Waals surface area contributed by atoms with Gasteiger partial charge in [0.05, 0.1) is 9.09 Å². The van der Waals surface area contributed by atoms with Crippen molar-refractivity contribution in [3.8, 4) is 11.5 Å². The molecule has 2 aromatic heterocycles. The highest BCUT2D eigenvalue weighted by molar-refractivity contribution is 14.1. The fourth-order valence-electron chi connectivity index (χ4n) is 1.75. The monoisotopic (exact) mass is 479 g/mol. The van der Waals surface area contributed by atoms with Crippen LogP contribution in [-0.4, -0.2) is 15.0 Å². The van der Waals surface area contributed by atoms with Crippen LogP contribution in [0.2, 0.25) is 10.3 Å². The lowest BCUT2D eigenvalue weighted by Gasteiger charge is -2.07. The van der Waals surface area contributed by atoms with Crippen LogP contribution >= 0.6 is 61.7 Å². The molecule has 0 radical (unpaired) electrons. The molecule has 1 aromatic carbocycles. The molecule has 0 saturated heterocycles. The van der Waals surface area contributed by atoms with Gasteiger partial charge in [0.15, 0.2) is 5.82 Å². The number of fused-ring (bicyclic) bond motifs is 1. The normalized spacial score (nSPS) is 11.0. The Hall–Kier alpha value is -0.500. The van der Waals surface area contributed by atoms with Crippen LogP contribution in [0.25, 0.3) is 22.4 Å². The molecule has 0 amide bonds. The van der Waals surface area contributed by atoms with Gasteiger partial charge in [-0.05, 0) is 50.7 Å². The summed E-state index contributed by atoms with van der Waals surface area (Å²) in [5.74, 6) is 0.401. The van der Waals surface area contributed by atoms with Crippen molar-refractivity contribution in [3.63, 3.8) is 0 Å². The standard InChI is InChI=1S/C13H5BrCl2IN3/c14-7-5-6-3-1-2-4-8(6)18-10(7)13-19-11(15)9(17)12(16)20-13/h1-5H. The summed E-state index contributed by atoms with van der Waals surface area (Å²) in [6.07, 6.45) is 0. The van der Waals surface area contributed by atoms with Crippen LogP contribution in [0, 0.1) is 3.57 Å². The molecule has 0 bridgehead atoms. The molecule has 0 N–H and O–H groups in total. The lowest BCUT2D eigenvalue weighted by atomic mass is 10.2. The molecule has 100 valence electrons. The molecular weight excluding hydrogens is 476 g/mol. The second kappa shape index (κ2) is 5.71. The number of para-hydroxylation sites is 1. The predicted molar refractivity (Wildman–Crippen MR) is 93.2 cm³/mol. The van der Waals surface area contributed by atoms with Crippen molar-refractivity contribution in [3.05, 3.63) is 48.7 Å². The molecule has 3 aromatic rings. The SMILES string of the molecule is Clc1nc(-c2nc3ccccc3cc2Br)nc(Cl)c1I. The molecular formula is C13H5BrCl2IN3. The number of hydrogen-bond acceptors (Lipinski definition) is 3. The van der Waals surface area contributed by atoms with E-state index in [1.807, 2.05) is 52.9 Å². The fourth-order valence-corrected chi connectivity index (χ4v) is 2.89. The second-order valence-electron chi connectivity index (χ2n) is 3.95. The van der Waals surface area contributed by atoms with Crippen molar-refractivity contribution in [2.24, 2.45) is 0 Å². The summed E-state index contributed by atoms with van der Waals surface area (Å²) in [7, 11) is 0. The summed E-state index contributed by atoms with van der Waals surface area (Å²) in [6.45, 7) is 0. The zero-order valence-corrected chi connectivity index (χ0v) is 15.0. The molecule has 0 fully saturated rings. The Labute approximate surface area is 147 Å². The van der Waals surface area contributed by atoms with Gasteiger partial charge in [-0.25, -0.2) is 15.0 Å². The summed E-state index contributed by atoms with van der Waals surface area (Å²) in [5.41, 5.74) is 1.48. The first-order chi connectivity index (χ1) is 9.56. The minimum Gasteiger partial charge on any atom is -0.243 e. The van der Waals surface area contributed by atoms with Crippen LogP contribution in [0.3, 0.4) is 0 Å². The van der Waals surface area contributed by atoms with E-state index in [1.165, 1.54) is 0 Å². The maximum atomic E-state index is 6.05. The number of hydrogen-bond donors (Lipinski definition) is 0. The minimum absolute atomic E-state index is 0.322. The smallest absolute Gasteiger partial charge is 0.182 e. The molecule has 3 rings (SSSR count). The lowest BCUT2D eigenvalue weighted by molar-refractivity contribution is 1.13. The Morgan fingerprint density at radius 3 is 2.35 bits per heavy atom. The number of nitrogens with zero attached hydrogens (tertiary/aromatic N) is 3. The number of aromatic nitrogens is 3. The van der Waals surface area contributed by atoms with Gasteiger partial charge in [-0.1, -0.05) is 41.4 Å². The fraction of sp³-hybridized carbons (Fsp3) is 0. The topological polar surface area (TPSA) is 38.7 Å². The highest BCUT2D eigenvalue weighted by Gasteiger charge is 2.14. The maximum Gasteiger partial charge on any atom is 0.182 e. The van der Waals surface area contributed by atoms with Gasteiger partial charge in [-0.15, -0.1) is 0 Å². The van der Waals surface area contributed by atoms with Crippen molar-refractivity contribution in [1.29, 1.82) is 0 Å². The van der Waals surface area contributed by atoms with Gasteiger partial charge in [0.25, 0.3) is 0 Å². The van der Waals surface area contributed by atoms with E-state index in [9.17, 15) is 0 Å². The molecule has 0 unspecified atom stereocenters. The van der Waals surface area contributed by atoms with Crippen LogP contribution in [0.4, 0.5) is 0 Å². The van der Waals surface area contributed by atoms with E-state index in [-0.39, 0.29) is 0 Å². The molecule has 3 nitrogen and oxygen atoms in total. The van der Waals surface area contributed by atoms with E-state index in [0.29, 0.717) is 25.4 Å². The minimum atomic E-state index is 0.322.